The van der Waals surface area contributed by atoms with Gasteiger partial charge >= 0.3 is 7.82 Å². The van der Waals surface area contributed by atoms with Gasteiger partial charge in [-0.3, -0.25) is 9.79 Å². The van der Waals surface area contributed by atoms with Crippen molar-refractivity contribution in [1.82, 2.24) is 0 Å². The minimum Gasteiger partial charge on any atom is -0.493 e. The fourth-order valence-corrected chi connectivity index (χ4v) is 1.67. The molecule has 0 heterocycles. The van der Waals surface area contributed by atoms with Gasteiger partial charge in [-0.2, -0.15) is 0 Å². The van der Waals surface area contributed by atoms with Crippen LogP contribution in [0.25, 0.3) is 0 Å². The molecule has 1 aromatic carbocycles. The van der Waals surface area contributed by atoms with Crippen molar-refractivity contribution in [2.45, 2.75) is 0 Å². The molecular formula is C9H13O7P. The molecule has 1 rings (SSSR count). The predicted octanol–water partition coefficient (Wildman–Crippen LogP) is 1.18. The van der Waals surface area contributed by atoms with Crippen LogP contribution in [0.15, 0.2) is 12.1 Å². The van der Waals surface area contributed by atoms with Crippen LogP contribution in [-0.2, 0) is 4.57 Å². The maximum Gasteiger partial charge on any atom is 0.524 e. The van der Waals surface area contributed by atoms with Crippen LogP contribution in [0, 0.1) is 0 Å². The van der Waals surface area contributed by atoms with Gasteiger partial charge in [-0.05, 0) is 12.1 Å². The number of methoxy groups -OCH3 is 3. The second-order valence-electron chi connectivity index (χ2n) is 2.91. The molecule has 0 amide bonds. The topological polar surface area (TPSA) is 94.5 Å². The third kappa shape index (κ3) is 3.26. The summed E-state index contributed by atoms with van der Waals surface area (Å²) in [6, 6.07) is 2.77. The standard InChI is InChI=1S/C9H13O7P/c1-13-6-4-5-7(16-17(10,11)12)9(15-3)8(6)14-2/h4-5H,1-3H3,(H2,10,11,12). The summed E-state index contributed by atoms with van der Waals surface area (Å²) in [5.41, 5.74) is 0. The fourth-order valence-electron chi connectivity index (χ4n) is 1.27. The highest BCUT2D eigenvalue weighted by molar-refractivity contribution is 7.46. The summed E-state index contributed by atoms with van der Waals surface area (Å²) in [6.07, 6.45) is 0. The summed E-state index contributed by atoms with van der Waals surface area (Å²) in [6.45, 7) is 0. The molecule has 0 bridgehead atoms. The first kappa shape index (κ1) is 13.6. The Balaban J connectivity index is 3.28. The van der Waals surface area contributed by atoms with E-state index in [9.17, 15) is 4.57 Å². The summed E-state index contributed by atoms with van der Waals surface area (Å²) in [7, 11) is -0.527. The first-order chi connectivity index (χ1) is 7.92. The van der Waals surface area contributed by atoms with E-state index < -0.39 is 7.82 Å². The van der Waals surface area contributed by atoms with Crippen LogP contribution in [0.3, 0.4) is 0 Å². The first-order valence-corrected chi connectivity index (χ1v) is 6.00. The molecule has 96 valence electrons. The Kier molecular flexibility index (Phi) is 4.22. The minimum absolute atomic E-state index is 0.0511. The Morgan fingerprint density at radius 3 is 1.82 bits per heavy atom. The summed E-state index contributed by atoms with van der Waals surface area (Å²) < 4.78 is 30.3. The lowest BCUT2D eigenvalue weighted by Gasteiger charge is -2.16. The summed E-state index contributed by atoms with van der Waals surface area (Å²) in [4.78, 5) is 17.5. The quantitative estimate of drug-likeness (QED) is 0.771. The van der Waals surface area contributed by atoms with Crippen molar-refractivity contribution < 1.29 is 33.1 Å². The zero-order valence-electron chi connectivity index (χ0n) is 9.54. The Morgan fingerprint density at radius 2 is 1.41 bits per heavy atom. The van der Waals surface area contributed by atoms with E-state index in [1.54, 1.807) is 0 Å². The second kappa shape index (κ2) is 5.27. The summed E-state index contributed by atoms with van der Waals surface area (Å²) in [5, 5.41) is 0. The monoisotopic (exact) mass is 264 g/mol. The Hall–Kier alpha value is -1.43. The lowest BCUT2D eigenvalue weighted by atomic mass is 10.2. The third-order valence-corrected chi connectivity index (χ3v) is 2.32. The number of ether oxygens (including phenoxy) is 3. The lowest BCUT2D eigenvalue weighted by molar-refractivity contribution is 0.270. The van der Waals surface area contributed by atoms with Gasteiger partial charge in [0.25, 0.3) is 0 Å². The molecule has 8 heteroatoms. The van der Waals surface area contributed by atoms with Crippen molar-refractivity contribution in [3.05, 3.63) is 12.1 Å². The maximum absolute atomic E-state index is 10.8. The van der Waals surface area contributed by atoms with Crippen molar-refractivity contribution in [3.8, 4) is 23.0 Å². The number of benzene rings is 1. The van der Waals surface area contributed by atoms with Gasteiger partial charge in [0.15, 0.2) is 11.5 Å². The molecule has 1 aromatic rings. The van der Waals surface area contributed by atoms with E-state index >= 15 is 0 Å². The van der Waals surface area contributed by atoms with Gasteiger partial charge in [0.1, 0.15) is 0 Å². The van der Waals surface area contributed by atoms with Gasteiger partial charge < -0.3 is 18.7 Å². The molecule has 0 fully saturated rings. The van der Waals surface area contributed by atoms with Crippen LogP contribution in [0.1, 0.15) is 0 Å². The van der Waals surface area contributed by atoms with Crippen molar-refractivity contribution >= 4 is 7.82 Å². The molecule has 0 saturated carbocycles. The van der Waals surface area contributed by atoms with E-state index in [1.165, 1.54) is 33.5 Å². The number of hydrogen-bond donors (Lipinski definition) is 2. The largest absolute Gasteiger partial charge is 0.524 e. The molecule has 0 saturated heterocycles. The number of hydrogen-bond acceptors (Lipinski definition) is 5. The number of phosphoric acid groups is 1. The lowest BCUT2D eigenvalue weighted by Crippen LogP contribution is -1.98. The normalized spacial score (nSPS) is 10.9. The van der Waals surface area contributed by atoms with Crippen molar-refractivity contribution in [2.24, 2.45) is 0 Å². The van der Waals surface area contributed by atoms with E-state index in [0.717, 1.165) is 0 Å². The molecule has 0 spiro atoms. The predicted molar refractivity (Wildman–Crippen MR) is 58.8 cm³/mol. The smallest absolute Gasteiger partial charge is 0.493 e. The van der Waals surface area contributed by atoms with Crippen molar-refractivity contribution in [3.63, 3.8) is 0 Å². The average molecular weight is 264 g/mol. The van der Waals surface area contributed by atoms with Crippen molar-refractivity contribution in [1.29, 1.82) is 0 Å². The summed E-state index contributed by atoms with van der Waals surface area (Å²) >= 11 is 0. The highest BCUT2D eigenvalue weighted by Crippen LogP contribution is 2.49. The molecule has 17 heavy (non-hydrogen) atoms. The van der Waals surface area contributed by atoms with Gasteiger partial charge in [-0.1, -0.05) is 0 Å². The molecule has 0 aliphatic carbocycles. The van der Waals surface area contributed by atoms with E-state index in [-0.39, 0.29) is 17.2 Å². The highest BCUT2D eigenvalue weighted by atomic mass is 31.2. The SMILES string of the molecule is COc1ccc(OP(=O)(O)O)c(OC)c1OC. The van der Waals surface area contributed by atoms with Crippen LogP contribution in [0.4, 0.5) is 0 Å². The van der Waals surface area contributed by atoms with Gasteiger partial charge in [-0.15, -0.1) is 0 Å². The molecule has 0 unspecified atom stereocenters. The Morgan fingerprint density at radius 1 is 0.941 bits per heavy atom. The molecule has 0 aliphatic heterocycles. The molecule has 0 atom stereocenters. The number of rotatable bonds is 5. The second-order valence-corrected chi connectivity index (χ2v) is 4.08. The van der Waals surface area contributed by atoms with E-state index in [1.807, 2.05) is 0 Å². The minimum atomic E-state index is -4.66. The fraction of sp³-hybridized carbons (Fsp3) is 0.333. The zero-order valence-corrected chi connectivity index (χ0v) is 10.4. The zero-order chi connectivity index (χ0) is 13.1. The maximum atomic E-state index is 10.8. The van der Waals surface area contributed by atoms with Crippen LogP contribution in [0.2, 0.25) is 0 Å². The van der Waals surface area contributed by atoms with Crippen LogP contribution >= 0.6 is 7.82 Å². The number of phosphoric ester groups is 1. The van der Waals surface area contributed by atoms with Crippen LogP contribution in [0.5, 0.6) is 23.0 Å². The van der Waals surface area contributed by atoms with Crippen LogP contribution in [-0.4, -0.2) is 31.1 Å². The Bertz CT molecular complexity index is 439. The molecule has 2 N–H and O–H groups in total. The van der Waals surface area contributed by atoms with E-state index in [0.29, 0.717) is 5.75 Å². The molecule has 0 aliphatic rings. The summed E-state index contributed by atoms with van der Waals surface area (Å²) in [5.74, 6) is 0.483. The molecule has 0 radical (unpaired) electrons. The third-order valence-electron chi connectivity index (χ3n) is 1.89. The Labute approximate surface area is 98.1 Å². The van der Waals surface area contributed by atoms with Gasteiger partial charge in [0, 0.05) is 0 Å². The van der Waals surface area contributed by atoms with Gasteiger partial charge in [-0.25, -0.2) is 4.57 Å². The average Bonchev–Trinajstić information content (AvgIpc) is 2.26. The van der Waals surface area contributed by atoms with Crippen molar-refractivity contribution in [2.75, 3.05) is 21.3 Å². The molecule has 7 nitrogen and oxygen atoms in total. The van der Waals surface area contributed by atoms with Gasteiger partial charge in [0.05, 0.1) is 21.3 Å². The van der Waals surface area contributed by atoms with E-state index in [2.05, 4.69) is 4.52 Å². The molecule has 0 aromatic heterocycles. The van der Waals surface area contributed by atoms with E-state index in [4.69, 9.17) is 24.0 Å². The first-order valence-electron chi connectivity index (χ1n) is 4.47. The molecular weight excluding hydrogens is 251 g/mol. The van der Waals surface area contributed by atoms with Gasteiger partial charge in [0.2, 0.25) is 11.5 Å². The van der Waals surface area contributed by atoms with Crippen LogP contribution < -0.4 is 18.7 Å². The highest BCUT2D eigenvalue weighted by Gasteiger charge is 2.23.